The average molecular weight is 458 g/mol. The van der Waals surface area contributed by atoms with Crippen LogP contribution >= 0.6 is 11.6 Å². The average Bonchev–Trinajstić information content (AvgIpc) is 3.41. The monoisotopic (exact) mass is 457 g/mol. The number of aryl methyl sites for hydroxylation is 2. The van der Waals surface area contributed by atoms with E-state index < -0.39 is 0 Å². The number of halogens is 1. The zero-order valence-corrected chi connectivity index (χ0v) is 19.5. The SMILES string of the molecule is Cc1noc(N2C[C@H]3CC[C@@H](C2)[C@H]3Nc2nc(Oc3ccc(C)c(Cl)c3)n(C(C)C)n2)n1. The Labute approximate surface area is 192 Å². The van der Waals surface area contributed by atoms with E-state index in [1.807, 2.05) is 26.0 Å². The van der Waals surface area contributed by atoms with Crippen LogP contribution in [0.15, 0.2) is 22.7 Å². The summed E-state index contributed by atoms with van der Waals surface area (Å²) in [6.07, 6.45) is 2.31. The molecule has 1 N–H and O–H groups in total. The first-order valence-corrected chi connectivity index (χ1v) is 11.5. The van der Waals surface area contributed by atoms with Crippen molar-refractivity contribution in [2.75, 3.05) is 23.3 Å². The molecule has 170 valence electrons. The van der Waals surface area contributed by atoms with E-state index in [9.17, 15) is 0 Å². The van der Waals surface area contributed by atoms with Gasteiger partial charge in [-0.25, -0.2) is 4.68 Å². The Morgan fingerprint density at radius 2 is 1.91 bits per heavy atom. The van der Waals surface area contributed by atoms with Crippen molar-refractivity contribution in [3.63, 3.8) is 0 Å². The number of nitrogens with one attached hydrogen (secondary N) is 1. The van der Waals surface area contributed by atoms with Gasteiger partial charge in [0.25, 0.3) is 0 Å². The van der Waals surface area contributed by atoms with Gasteiger partial charge >= 0.3 is 12.0 Å². The summed E-state index contributed by atoms with van der Waals surface area (Å²) in [7, 11) is 0. The van der Waals surface area contributed by atoms with Gasteiger partial charge in [-0.05, 0) is 70.1 Å². The van der Waals surface area contributed by atoms with E-state index in [0.717, 1.165) is 31.5 Å². The van der Waals surface area contributed by atoms with Crippen LogP contribution in [0.25, 0.3) is 0 Å². The molecule has 2 fully saturated rings. The number of fused-ring (bicyclic) bond motifs is 2. The maximum absolute atomic E-state index is 6.26. The highest BCUT2D eigenvalue weighted by Gasteiger charge is 2.43. The number of hydrogen-bond acceptors (Lipinski definition) is 8. The van der Waals surface area contributed by atoms with Crippen molar-refractivity contribution in [2.45, 2.75) is 52.6 Å². The minimum Gasteiger partial charge on any atom is -0.424 e. The van der Waals surface area contributed by atoms with E-state index >= 15 is 0 Å². The molecular formula is C22H28ClN7O2. The smallest absolute Gasteiger partial charge is 0.324 e. The van der Waals surface area contributed by atoms with Gasteiger partial charge in [0.15, 0.2) is 5.82 Å². The molecule has 3 heterocycles. The third-order valence-corrected chi connectivity index (χ3v) is 6.77. The van der Waals surface area contributed by atoms with Crippen molar-refractivity contribution in [1.82, 2.24) is 24.9 Å². The zero-order chi connectivity index (χ0) is 22.4. The van der Waals surface area contributed by atoms with Gasteiger partial charge in [0.2, 0.25) is 5.95 Å². The van der Waals surface area contributed by atoms with Crippen LogP contribution in [0.1, 0.15) is 44.1 Å². The molecule has 1 saturated heterocycles. The Balaban J connectivity index is 1.32. The molecule has 2 aliphatic rings. The standard InChI is InChI=1S/C22H28ClN7O2/c1-12(2)30-22(31-17-8-5-13(3)18(23)9-17)26-20(27-30)25-19-15-6-7-16(19)11-29(10-15)21-24-14(4)28-32-21/h5,8-9,12,15-16,19H,6-7,10-11H2,1-4H3,(H,25,27)/t15-,16+,19+. The molecule has 2 bridgehead atoms. The normalized spacial score (nSPS) is 22.6. The first-order valence-electron chi connectivity index (χ1n) is 11.1. The maximum Gasteiger partial charge on any atom is 0.324 e. The molecule has 0 amide bonds. The lowest BCUT2D eigenvalue weighted by atomic mass is 9.92. The van der Waals surface area contributed by atoms with Crippen LogP contribution in [0.2, 0.25) is 5.02 Å². The lowest BCUT2D eigenvalue weighted by Gasteiger charge is -2.37. The Hall–Kier alpha value is -2.81. The van der Waals surface area contributed by atoms with Crippen molar-refractivity contribution < 1.29 is 9.26 Å². The summed E-state index contributed by atoms with van der Waals surface area (Å²) in [5, 5.41) is 12.9. The van der Waals surface area contributed by atoms with Crippen molar-refractivity contribution >= 4 is 23.6 Å². The third kappa shape index (κ3) is 4.01. The number of nitrogens with zero attached hydrogens (tertiary/aromatic N) is 6. The second kappa shape index (κ2) is 8.27. The highest BCUT2D eigenvalue weighted by molar-refractivity contribution is 6.31. The van der Waals surface area contributed by atoms with E-state index in [1.165, 1.54) is 0 Å². The van der Waals surface area contributed by atoms with Crippen LogP contribution in [0.5, 0.6) is 11.8 Å². The summed E-state index contributed by atoms with van der Waals surface area (Å²) in [4.78, 5) is 11.3. The lowest BCUT2D eigenvalue weighted by molar-refractivity contribution is 0.340. The van der Waals surface area contributed by atoms with Crippen LogP contribution in [0, 0.1) is 25.7 Å². The minimum absolute atomic E-state index is 0.105. The van der Waals surface area contributed by atoms with E-state index in [4.69, 9.17) is 26.0 Å². The molecule has 3 atom stereocenters. The van der Waals surface area contributed by atoms with E-state index in [0.29, 0.717) is 52.4 Å². The fraction of sp³-hybridized carbons (Fsp3) is 0.545. The molecule has 1 aromatic carbocycles. The van der Waals surface area contributed by atoms with Gasteiger partial charge in [-0.3, -0.25) is 0 Å². The summed E-state index contributed by atoms with van der Waals surface area (Å²) >= 11 is 6.26. The fourth-order valence-corrected chi connectivity index (χ4v) is 4.87. The van der Waals surface area contributed by atoms with Crippen molar-refractivity contribution in [3.8, 4) is 11.8 Å². The topological polar surface area (TPSA) is 94.1 Å². The number of rotatable bonds is 6. The molecule has 9 nitrogen and oxygen atoms in total. The molecule has 1 aliphatic heterocycles. The van der Waals surface area contributed by atoms with Gasteiger partial charge in [0, 0.05) is 24.2 Å². The van der Waals surface area contributed by atoms with Crippen LogP contribution in [0.4, 0.5) is 12.0 Å². The predicted octanol–water partition coefficient (Wildman–Crippen LogP) is 4.63. The quantitative estimate of drug-likeness (QED) is 0.572. The van der Waals surface area contributed by atoms with Crippen LogP contribution in [-0.2, 0) is 0 Å². The minimum atomic E-state index is 0.105. The van der Waals surface area contributed by atoms with Gasteiger partial charge in [-0.2, -0.15) is 9.97 Å². The van der Waals surface area contributed by atoms with E-state index in [1.54, 1.807) is 10.7 Å². The third-order valence-electron chi connectivity index (χ3n) is 6.36. The molecule has 0 radical (unpaired) electrons. The Morgan fingerprint density at radius 3 is 2.53 bits per heavy atom. The van der Waals surface area contributed by atoms with Crippen LogP contribution in [0.3, 0.4) is 0 Å². The molecular weight excluding hydrogens is 430 g/mol. The molecule has 32 heavy (non-hydrogen) atoms. The second-order valence-electron chi connectivity index (χ2n) is 9.07. The number of benzene rings is 1. The number of hydrogen-bond donors (Lipinski definition) is 1. The number of anilines is 2. The lowest BCUT2D eigenvalue weighted by Crippen LogP contribution is -2.48. The molecule has 0 unspecified atom stereocenters. The summed E-state index contributed by atoms with van der Waals surface area (Å²) < 4.78 is 13.2. The predicted molar refractivity (Wildman–Crippen MR) is 122 cm³/mol. The zero-order valence-electron chi connectivity index (χ0n) is 18.7. The van der Waals surface area contributed by atoms with Gasteiger partial charge in [0.1, 0.15) is 5.75 Å². The Morgan fingerprint density at radius 1 is 1.16 bits per heavy atom. The number of ether oxygens (including phenoxy) is 1. The first-order chi connectivity index (χ1) is 15.4. The number of piperidine rings is 1. The van der Waals surface area contributed by atoms with Gasteiger partial charge in [-0.15, -0.1) is 5.10 Å². The molecule has 1 saturated carbocycles. The van der Waals surface area contributed by atoms with E-state index in [2.05, 4.69) is 39.2 Å². The molecule has 0 spiro atoms. The van der Waals surface area contributed by atoms with Crippen molar-refractivity contribution in [1.29, 1.82) is 0 Å². The summed E-state index contributed by atoms with van der Waals surface area (Å²) in [5.41, 5.74) is 1.00. The molecule has 1 aliphatic carbocycles. The number of aromatic nitrogens is 5. The first kappa shape index (κ1) is 21.1. The summed E-state index contributed by atoms with van der Waals surface area (Å²) in [5.74, 6) is 2.83. The van der Waals surface area contributed by atoms with Crippen LogP contribution in [-0.4, -0.2) is 44.0 Å². The van der Waals surface area contributed by atoms with Crippen LogP contribution < -0.4 is 15.0 Å². The van der Waals surface area contributed by atoms with Gasteiger partial charge < -0.3 is 19.5 Å². The maximum atomic E-state index is 6.26. The summed E-state index contributed by atoms with van der Waals surface area (Å²) in [6, 6.07) is 7.11. The molecule has 10 heteroatoms. The molecule has 5 rings (SSSR count). The van der Waals surface area contributed by atoms with E-state index in [-0.39, 0.29) is 6.04 Å². The highest BCUT2D eigenvalue weighted by atomic mass is 35.5. The van der Waals surface area contributed by atoms with Gasteiger partial charge in [-0.1, -0.05) is 22.8 Å². The fourth-order valence-electron chi connectivity index (χ4n) is 4.70. The summed E-state index contributed by atoms with van der Waals surface area (Å²) in [6.45, 7) is 9.68. The molecule has 2 aromatic heterocycles. The van der Waals surface area contributed by atoms with Gasteiger partial charge in [0.05, 0.1) is 6.04 Å². The Bertz CT molecular complexity index is 1100. The largest absolute Gasteiger partial charge is 0.424 e. The highest BCUT2D eigenvalue weighted by Crippen LogP contribution is 2.40. The van der Waals surface area contributed by atoms with Crippen molar-refractivity contribution in [2.24, 2.45) is 11.8 Å². The van der Waals surface area contributed by atoms with Crippen molar-refractivity contribution in [3.05, 3.63) is 34.6 Å². The Kier molecular flexibility index (Phi) is 5.44. The molecule has 3 aromatic rings. The second-order valence-corrected chi connectivity index (χ2v) is 9.47.